The van der Waals surface area contributed by atoms with Crippen LogP contribution in [0.25, 0.3) is 0 Å². The lowest BCUT2D eigenvalue weighted by Gasteiger charge is -2.43. The molecule has 1 atom stereocenters. The van der Waals surface area contributed by atoms with Crippen molar-refractivity contribution < 1.29 is 18.7 Å². The highest BCUT2D eigenvalue weighted by Crippen LogP contribution is 2.36. The summed E-state index contributed by atoms with van der Waals surface area (Å²) >= 11 is 0. The smallest absolute Gasteiger partial charge is 0.253 e. The quantitative estimate of drug-likeness (QED) is 0.630. The van der Waals surface area contributed by atoms with Gasteiger partial charge in [-0.05, 0) is 75.4 Å². The van der Waals surface area contributed by atoms with E-state index in [1.54, 1.807) is 12.1 Å². The Morgan fingerprint density at radius 3 is 2.27 bits per heavy atom. The minimum absolute atomic E-state index is 0.00808. The van der Waals surface area contributed by atoms with E-state index in [9.17, 15) is 14.0 Å². The van der Waals surface area contributed by atoms with Crippen molar-refractivity contribution in [2.45, 2.75) is 45.4 Å². The van der Waals surface area contributed by atoms with E-state index in [1.165, 1.54) is 18.6 Å². The lowest BCUT2D eigenvalue weighted by atomic mass is 9.77. The second kappa shape index (κ2) is 10.4. The number of hydrogen-bond donors (Lipinski definition) is 0. The molecule has 5 nitrogen and oxygen atoms in total. The van der Waals surface area contributed by atoms with Gasteiger partial charge in [0.15, 0.2) is 0 Å². The summed E-state index contributed by atoms with van der Waals surface area (Å²) in [6.07, 6.45) is 5.24. The number of likely N-dealkylation sites (tertiary alicyclic amines) is 2. The molecule has 0 N–H and O–H groups in total. The third kappa shape index (κ3) is 5.92. The Labute approximate surface area is 195 Å². The molecule has 0 spiro atoms. The lowest BCUT2D eigenvalue weighted by Crippen LogP contribution is -2.51. The van der Waals surface area contributed by atoms with Crippen LogP contribution in [0.3, 0.4) is 0 Å². The van der Waals surface area contributed by atoms with Crippen molar-refractivity contribution in [3.8, 4) is 5.75 Å². The third-order valence-corrected chi connectivity index (χ3v) is 6.84. The molecule has 33 heavy (non-hydrogen) atoms. The molecule has 4 rings (SSSR count). The minimum Gasteiger partial charge on any atom is -0.493 e. The van der Waals surface area contributed by atoms with Crippen molar-refractivity contribution in [2.24, 2.45) is 5.41 Å². The largest absolute Gasteiger partial charge is 0.493 e. The van der Waals surface area contributed by atoms with Gasteiger partial charge in [-0.25, -0.2) is 4.39 Å². The number of carbonyl (C=O) groups excluding carboxylic acids is 2. The second-order valence-electron chi connectivity index (χ2n) is 9.56. The van der Waals surface area contributed by atoms with E-state index >= 15 is 0 Å². The fourth-order valence-electron chi connectivity index (χ4n) is 4.92. The van der Waals surface area contributed by atoms with Crippen LogP contribution < -0.4 is 4.74 Å². The van der Waals surface area contributed by atoms with Crippen LogP contribution in [0.4, 0.5) is 4.39 Å². The number of halogens is 1. The normalized spacial score (nSPS) is 21.0. The molecule has 0 radical (unpaired) electrons. The molecule has 0 aliphatic carbocycles. The van der Waals surface area contributed by atoms with Gasteiger partial charge in [0.2, 0.25) is 5.91 Å². The zero-order valence-corrected chi connectivity index (χ0v) is 19.4. The van der Waals surface area contributed by atoms with Crippen LogP contribution in [-0.2, 0) is 4.79 Å². The number of piperidine rings is 2. The molecule has 0 aromatic heterocycles. The molecule has 2 aromatic carbocycles. The van der Waals surface area contributed by atoms with E-state index in [1.807, 2.05) is 41.0 Å². The summed E-state index contributed by atoms with van der Waals surface area (Å²) in [4.78, 5) is 30.3. The van der Waals surface area contributed by atoms with Crippen LogP contribution in [0.5, 0.6) is 5.75 Å². The molecule has 0 unspecified atom stereocenters. The summed E-state index contributed by atoms with van der Waals surface area (Å²) in [6, 6.07) is 13.6. The first-order chi connectivity index (χ1) is 15.9. The van der Waals surface area contributed by atoms with Crippen LogP contribution in [-0.4, -0.2) is 54.4 Å². The Balaban J connectivity index is 1.52. The van der Waals surface area contributed by atoms with Crippen LogP contribution in [0, 0.1) is 18.2 Å². The molecule has 6 heteroatoms. The molecule has 0 saturated carbocycles. The number of amides is 2. The second-order valence-corrected chi connectivity index (χ2v) is 9.56. The van der Waals surface area contributed by atoms with E-state index in [2.05, 4.69) is 0 Å². The van der Waals surface area contributed by atoms with Crippen molar-refractivity contribution in [1.82, 2.24) is 9.80 Å². The topological polar surface area (TPSA) is 49.9 Å². The van der Waals surface area contributed by atoms with E-state index in [4.69, 9.17) is 4.74 Å². The Morgan fingerprint density at radius 1 is 0.909 bits per heavy atom. The van der Waals surface area contributed by atoms with E-state index < -0.39 is 5.41 Å². The molecular weight excluding hydrogens is 419 g/mol. The lowest BCUT2D eigenvalue weighted by molar-refractivity contribution is -0.136. The molecule has 2 saturated heterocycles. The number of rotatable bonds is 6. The molecule has 0 bridgehead atoms. The maximum atomic E-state index is 13.3. The van der Waals surface area contributed by atoms with Crippen molar-refractivity contribution in [3.63, 3.8) is 0 Å². The van der Waals surface area contributed by atoms with Crippen molar-refractivity contribution in [3.05, 3.63) is 65.5 Å². The van der Waals surface area contributed by atoms with Gasteiger partial charge in [0.05, 0.1) is 6.61 Å². The molecular formula is C27H33FN2O3. The average molecular weight is 453 g/mol. The zero-order chi connectivity index (χ0) is 23.3. The predicted molar refractivity (Wildman–Crippen MR) is 126 cm³/mol. The molecule has 176 valence electrons. The van der Waals surface area contributed by atoms with Gasteiger partial charge in [-0.1, -0.05) is 17.7 Å². The average Bonchev–Trinajstić information content (AvgIpc) is 2.84. The molecule has 2 fully saturated rings. The summed E-state index contributed by atoms with van der Waals surface area (Å²) in [5.41, 5.74) is 1.30. The summed E-state index contributed by atoms with van der Waals surface area (Å²) in [7, 11) is 0. The third-order valence-electron chi connectivity index (χ3n) is 6.84. The maximum Gasteiger partial charge on any atom is 0.253 e. The summed E-state index contributed by atoms with van der Waals surface area (Å²) in [5.74, 6) is 0.390. The Kier molecular flexibility index (Phi) is 7.31. The van der Waals surface area contributed by atoms with E-state index in [0.29, 0.717) is 37.4 Å². The highest BCUT2D eigenvalue weighted by atomic mass is 19.1. The van der Waals surface area contributed by atoms with Gasteiger partial charge in [-0.15, -0.1) is 0 Å². The molecule has 2 aromatic rings. The molecule has 2 aliphatic rings. The number of carbonyl (C=O) groups is 2. The van der Waals surface area contributed by atoms with Crippen molar-refractivity contribution >= 4 is 11.8 Å². The van der Waals surface area contributed by atoms with Gasteiger partial charge in [0.1, 0.15) is 11.6 Å². The first kappa shape index (κ1) is 23.3. The number of nitrogens with zero attached hydrogens (tertiary/aromatic N) is 2. The van der Waals surface area contributed by atoms with Gasteiger partial charge >= 0.3 is 0 Å². The highest BCUT2D eigenvalue weighted by Gasteiger charge is 2.41. The van der Waals surface area contributed by atoms with Crippen LogP contribution >= 0.6 is 0 Å². The summed E-state index contributed by atoms with van der Waals surface area (Å²) in [5, 5.41) is 0. The van der Waals surface area contributed by atoms with Crippen LogP contribution in [0.15, 0.2) is 48.5 Å². The number of hydrogen-bond acceptors (Lipinski definition) is 3. The number of aryl methyl sites for hydroxylation is 1. The van der Waals surface area contributed by atoms with E-state index in [-0.39, 0.29) is 17.6 Å². The first-order valence-corrected chi connectivity index (χ1v) is 12.0. The number of benzene rings is 2. The molecule has 2 amide bonds. The zero-order valence-electron chi connectivity index (χ0n) is 19.4. The van der Waals surface area contributed by atoms with Gasteiger partial charge in [0.25, 0.3) is 5.91 Å². The SMILES string of the molecule is Cc1ccc(C(=O)N2CCC[C@@](COc3ccc(F)cc3)(CC(=O)N3CCCCC3)C2)cc1. The fraction of sp³-hybridized carbons (Fsp3) is 0.481. The van der Waals surface area contributed by atoms with Crippen LogP contribution in [0.2, 0.25) is 0 Å². The monoisotopic (exact) mass is 452 g/mol. The Hall–Kier alpha value is -2.89. The van der Waals surface area contributed by atoms with Gasteiger partial charge < -0.3 is 14.5 Å². The van der Waals surface area contributed by atoms with Crippen molar-refractivity contribution in [2.75, 3.05) is 32.8 Å². The summed E-state index contributed by atoms with van der Waals surface area (Å²) < 4.78 is 19.4. The van der Waals surface area contributed by atoms with Crippen LogP contribution in [0.1, 0.15) is 54.4 Å². The molecule has 2 heterocycles. The highest BCUT2D eigenvalue weighted by molar-refractivity contribution is 5.94. The fourth-order valence-corrected chi connectivity index (χ4v) is 4.92. The Morgan fingerprint density at radius 2 is 1.58 bits per heavy atom. The maximum absolute atomic E-state index is 13.3. The molecule has 2 aliphatic heterocycles. The predicted octanol–water partition coefficient (Wildman–Crippen LogP) is 4.84. The van der Waals surface area contributed by atoms with E-state index in [0.717, 1.165) is 44.3 Å². The summed E-state index contributed by atoms with van der Waals surface area (Å²) in [6.45, 7) is 5.07. The Bertz CT molecular complexity index is 954. The van der Waals surface area contributed by atoms with Gasteiger partial charge in [0, 0.05) is 43.6 Å². The first-order valence-electron chi connectivity index (χ1n) is 12.0. The van der Waals surface area contributed by atoms with Gasteiger partial charge in [-0.2, -0.15) is 0 Å². The van der Waals surface area contributed by atoms with Gasteiger partial charge in [-0.3, -0.25) is 9.59 Å². The number of ether oxygens (including phenoxy) is 1. The standard InChI is InChI=1S/C27H33FN2O3/c1-21-6-8-22(9-7-21)26(32)30-17-5-14-27(19-30,18-25(31)29-15-3-2-4-16-29)20-33-24-12-10-23(28)11-13-24/h6-13H,2-5,14-20H2,1H3/t27-/m1/s1. The van der Waals surface area contributed by atoms with Crippen molar-refractivity contribution in [1.29, 1.82) is 0 Å². The minimum atomic E-state index is -0.471.